The van der Waals surface area contributed by atoms with E-state index in [0.29, 0.717) is 31.1 Å². The first kappa shape index (κ1) is 17.4. The third kappa shape index (κ3) is 3.71. The van der Waals surface area contributed by atoms with E-state index in [9.17, 15) is 8.42 Å². The largest absolute Gasteiger partial charge is 0.380 e. The first-order chi connectivity index (χ1) is 9.05. The zero-order valence-electron chi connectivity index (χ0n) is 11.7. The number of nitrogens with zero attached hydrogens (tertiary/aromatic N) is 1. The summed E-state index contributed by atoms with van der Waals surface area (Å²) >= 11 is 0. The maximum Gasteiger partial charge on any atom is 0.243 e. The minimum Gasteiger partial charge on any atom is -0.380 e. The van der Waals surface area contributed by atoms with Crippen LogP contribution in [-0.4, -0.2) is 45.5 Å². The quantitative estimate of drug-likeness (QED) is 0.907. The summed E-state index contributed by atoms with van der Waals surface area (Å²) in [5.74, 6) is 0. The second-order valence-corrected chi connectivity index (χ2v) is 6.64. The van der Waals surface area contributed by atoms with Gasteiger partial charge in [-0.25, -0.2) is 8.42 Å². The van der Waals surface area contributed by atoms with Crippen LogP contribution in [0.5, 0.6) is 0 Å². The van der Waals surface area contributed by atoms with Crippen molar-refractivity contribution >= 4 is 22.4 Å². The fourth-order valence-corrected chi connectivity index (χ4v) is 3.98. The molecule has 114 valence electrons. The van der Waals surface area contributed by atoms with Gasteiger partial charge in [-0.3, -0.25) is 0 Å². The number of ether oxygens (including phenoxy) is 1. The third-order valence-electron chi connectivity index (χ3n) is 3.26. The van der Waals surface area contributed by atoms with E-state index in [2.05, 4.69) is 5.32 Å². The van der Waals surface area contributed by atoms with Crippen molar-refractivity contribution in [2.24, 2.45) is 0 Å². The summed E-state index contributed by atoms with van der Waals surface area (Å²) in [6.45, 7) is 4.24. The summed E-state index contributed by atoms with van der Waals surface area (Å²) in [5.41, 5.74) is 0.867. The molecular formula is C13H21ClN2O3S. The molecule has 5 nitrogen and oxygen atoms in total. The Morgan fingerprint density at radius 1 is 1.45 bits per heavy atom. The molecular weight excluding hydrogens is 300 g/mol. The van der Waals surface area contributed by atoms with Crippen molar-refractivity contribution in [2.75, 3.05) is 26.7 Å². The zero-order chi connectivity index (χ0) is 13.9. The van der Waals surface area contributed by atoms with Crippen molar-refractivity contribution in [3.05, 3.63) is 29.8 Å². The van der Waals surface area contributed by atoms with Crippen LogP contribution < -0.4 is 5.32 Å². The number of rotatable bonds is 4. The molecule has 0 bridgehead atoms. The zero-order valence-corrected chi connectivity index (χ0v) is 13.3. The average Bonchev–Trinajstić information content (AvgIpc) is 2.40. The van der Waals surface area contributed by atoms with Gasteiger partial charge >= 0.3 is 0 Å². The predicted octanol–water partition coefficient (Wildman–Crippen LogP) is 1.24. The Labute approximate surface area is 126 Å². The van der Waals surface area contributed by atoms with E-state index >= 15 is 0 Å². The number of halogens is 1. The lowest BCUT2D eigenvalue weighted by atomic mass is 10.2. The number of methoxy groups -OCH3 is 1. The molecule has 1 atom stereocenters. The minimum atomic E-state index is -3.41. The SMILES string of the molecule is COCc1cccc(S(=O)(=O)N2CCNCC2C)c1.Cl. The van der Waals surface area contributed by atoms with Gasteiger partial charge in [0.2, 0.25) is 10.0 Å². The first-order valence-electron chi connectivity index (χ1n) is 6.36. The van der Waals surface area contributed by atoms with Crippen LogP contribution in [0.3, 0.4) is 0 Å². The van der Waals surface area contributed by atoms with Gasteiger partial charge < -0.3 is 10.1 Å². The monoisotopic (exact) mass is 320 g/mol. The molecule has 1 N–H and O–H groups in total. The predicted molar refractivity (Wildman–Crippen MR) is 80.6 cm³/mol. The van der Waals surface area contributed by atoms with E-state index in [4.69, 9.17) is 4.74 Å². The lowest BCUT2D eigenvalue weighted by molar-refractivity contribution is 0.184. The van der Waals surface area contributed by atoms with Gasteiger partial charge in [-0.2, -0.15) is 4.31 Å². The van der Waals surface area contributed by atoms with Gasteiger partial charge in [0.15, 0.2) is 0 Å². The van der Waals surface area contributed by atoms with Gasteiger partial charge in [0, 0.05) is 32.8 Å². The second-order valence-electron chi connectivity index (χ2n) is 4.75. The summed E-state index contributed by atoms with van der Waals surface area (Å²) in [5, 5.41) is 3.19. The summed E-state index contributed by atoms with van der Waals surface area (Å²) in [6, 6.07) is 6.93. The molecule has 20 heavy (non-hydrogen) atoms. The molecule has 0 radical (unpaired) electrons. The summed E-state index contributed by atoms with van der Waals surface area (Å²) in [4.78, 5) is 0.343. The summed E-state index contributed by atoms with van der Waals surface area (Å²) < 4.78 is 31.8. The standard InChI is InChI=1S/C13H20N2O3S.ClH/c1-11-9-14-6-7-15(11)19(16,17)13-5-3-4-12(8-13)10-18-2;/h3-5,8,11,14H,6-7,9-10H2,1-2H3;1H. The fourth-order valence-electron chi connectivity index (χ4n) is 2.28. The van der Waals surface area contributed by atoms with Gasteiger partial charge in [0.05, 0.1) is 11.5 Å². The lowest BCUT2D eigenvalue weighted by Gasteiger charge is -2.32. The Balaban J connectivity index is 0.00000200. The molecule has 0 spiro atoms. The second kappa shape index (κ2) is 7.38. The van der Waals surface area contributed by atoms with E-state index in [0.717, 1.165) is 5.56 Å². The number of benzene rings is 1. The highest BCUT2D eigenvalue weighted by atomic mass is 35.5. The molecule has 2 rings (SSSR count). The highest BCUT2D eigenvalue weighted by Gasteiger charge is 2.30. The van der Waals surface area contributed by atoms with Crippen molar-refractivity contribution in [3.8, 4) is 0 Å². The Bertz CT molecular complexity index is 536. The van der Waals surface area contributed by atoms with Crippen molar-refractivity contribution in [1.29, 1.82) is 0 Å². The van der Waals surface area contributed by atoms with Gasteiger partial charge in [-0.15, -0.1) is 12.4 Å². The van der Waals surface area contributed by atoms with Crippen LogP contribution in [0, 0.1) is 0 Å². The Morgan fingerprint density at radius 3 is 2.85 bits per heavy atom. The number of sulfonamides is 1. The van der Waals surface area contributed by atoms with Crippen LogP contribution >= 0.6 is 12.4 Å². The summed E-state index contributed by atoms with van der Waals surface area (Å²) in [7, 11) is -1.82. The average molecular weight is 321 g/mol. The molecule has 1 aromatic rings. The maximum atomic E-state index is 12.6. The van der Waals surface area contributed by atoms with E-state index in [-0.39, 0.29) is 18.4 Å². The Kier molecular flexibility index (Phi) is 6.42. The topological polar surface area (TPSA) is 58.6 Å². The highest BCUT2D eigenvalue weighted by Crippen LogP contribution is 2.20. The first-order valence-corrected chi connectivity index (χ1v) is 7.80. The van der Waals surface area contributed by atoms with Crippen LogP contribution in [0.4, 0.5) is 0 Å². The number of piperazine rings is 1. The van der Waals surface area contributed by atoms with Gasteiger partial charge in [-0.05, 0) is 24.6 Å². The molecule has 1 saturated heterocycles. The molecule has 0 aromatic heterocycles. The summed E-state index contributed by atoms with van der Waals surface area (Å²) in [6.07, 6.45) is 0. The van der Waals surface area contributed by atoms with Crippen molar-refractivity contribution in [3.63, 3.8) is 0 Å². The van der Waals surface area contributed by atoms with Crippen LogP contribution in [-0.2, 0) is 21.4 Å². The number of nitrogens with one attached hydrogen (secondary N) is 1. The lowest BCUT2D eigenvalue weighted by Crippen LogP contribution is -2.52. The van der Waals surface area contributed by atoms with Crippen molar-refractivity contribution in [2.45, 2.75) is 24.5 Å². The number of hydrogen-bond acceptors (Lipinski definition) is 4. The maximum absolute atomic E-state index is 12.6. The van der Waals surface area contributed by atoms with E-state index in [1.807, 2.05) is 13.0 Å². The molecule has 0 amide bonds. The van der Waals surface area contributed by atoms with Crippen LogP contribution in [0.25, 0.3) is 0 Å². The number of hydrogen-bond donors (Lipinski definition) is 1. The van der Waals surface area contributed by atoms with Gasteiger partial charge in [0.1, 0.15) is 0 Å². The van der Waals surface area contributed by atoms with Crippen molar-refractivity contribution < 1.29 is 13.2 Å². The van der Waals surface area contributed by atoms with E-state index in [1.165, 1.54) is 0 Å². The Morgan fingerprint density at radius 2 is 2.20 bits per heavy atom. The fraction of sp³-hybridized carbons (Fsp3) is 0.538. The molecule has 1 aliphatic rings. The Hall–Kier alpha value is -0.660. The highest BCUT2D eigenvalue weighted by molar-refractivity contribution is 7.89. The van der Waals surface area contributed by atoms with E-state index < -0.39 is 10.0 Å². The van der Waals surface area contributed by atoms with Gasteiger partial charge in [-0.1, -0.05) is 12.1 Å². The molecule has 0 saturated carbocycles. The third-order valence-corrected chi connectivity index (χ3v) is 5.27. The molecule has 1 aromatic carbocycles. The van der Waals surface area contributed by atoms with Crippen LogP contribution in [0.15, 0.2) is 29.2 Å². The molecule has 1 aliphatic heterocycles. The van der Waals surface area contributed by atoms with Gasteiger partial charge in [0.25, 0.3) is 0 Å². The molecule has 0 aliphatic carbocycles. The molecule has 1 fully saturated rings. The molecule has 1 unspecified atom stereocenters. The van der Waals surface area contributed by atoms with Crippen molar-refractivity contribution in [1.82, 2.24) is 9.62 Å². The van der Waals surface area contributed by atoms with E-state index in [1.54, 1.807) is 29.6 Å². The van der Waals surface area contributed by atoms with Crippen LogP contribution in [0.2, 0.25) is 0 Å². The minimum absolute atomic E-state index is 0. The molecule has 7 heteroatoms. The smallest absolute Gasteiger partial charge is 0.243 e. The normalized spacial score (nSPS) is 20.4. The molecule has 1 heterocycles. The van der Waals surface area contributed by atoms with Crippen LogP contribution in [0.1, 0.15) is 12.5 Å².